The molecule has 0 aromatic heterocycles. The van der Waals surface area contributed by atoms with Crippen LogP contribution in [0.2, 0.25) is 20.1 Å². The molecule has 0 radical (unpaired) electrons. The number of phenols is 2. The zero-order valence-corrected chi connectivity index (χ0v) is 18.1. The van der Waals surface area contributed by atoms with E-state index >= 15 is 0 Å². The summed E-state index contributed by atoms with van der Waals surface area (Å²) >= 11 is 24.4. The highest BCUT2D eigenvalue weighted by Crippen LogP contribution is 2.54. The molecule has 0 aliphatic rings. The first-order valence-corrected chi connectivity index (χ1v) is 10.9. The summed E-state index contributed by atoms with van der Waals surface area (Å²) in [5, 5.41) is 20.3. The van der Waals surface area contributed by atoms with E-state index in [9.17, 15) is 23.2 Å². The average molecular weight is 494 g/mol. The van der Waals surface area contributed by atoms with Crippen molar-refractivity contribution in [3.8, 4) is 11.5 Å². The summed E-state index contributed by atoms with van der Waals surface area (Å²) in [5.41, 5.74) is -0.857. The van der Waals surface area contributed by atoms with Gasteiger partial charge in [0.2, 0.25) is 0 Å². The van der Waals surface area contributed by atoms with Crippen molar-refractivity contribution in [1.29, 1.82) is 0 Å². The van der Waals surface area contributed by atoms with Gasteiger partial charge < -0.3 is 10.2 Å². The minimum atomic E-state index is -5.16. The number of phenolic OH excluding ortho intramolecular Hbond substituents is 2. The molecule has 0 spiro atoms. The predicted octanol–water partition coefficient (Wildman–Crippen LogP) is 5.89. The van der Waals surface area contributed by atoms with E-state index in [2.05, 4.69) is 0 Å². The van der Waals surface area contributed by atoms with Gasteiger partial charge in [-0.3, -0.25) is 4.55 Å². The second kappa shape index (κ2) is 7.87. The van der Waals surface area contributed by atoms with Crippen molar-refractivity contribution in [3.05, 3.63) is 91.4 Å². The number of rotatable bonds is 4. The Labute approximate surface area is 186 Å². The van der Waals surface area contributed by atoms with Crippen molar-refractivity contribution in [1.82, 2.24) is 0 Å². The highest BCUT2D eigenvalue weighted by Gasteiger charge is 2.53. The van der Waals surface area contributed by atoms with Crippen molar-refractivity contribution in [2.24, 2.45) is 0 Å². The van der Waals surface area contributed by atoms with Gasteiger partial charge in [-0.2, -0.15) is 8.42 Å². The average Bonchev–Trinajstić information content (AvgIpc) is 2.66. The topological polar surface area (TPSA) is 94.8 Å². The first kappa shape index (κ1) is 22.0. The van der Waals surface area contributed by atoms with Crippen molar-refractivity contribution in [2.75, 3.05) is 0 Å². The minimum absolute atomic E-state index is 0.0318. The molecule has 0 heterocycles. The monoisotopic (exact) mass is 492 g/mol. The van der Waals surface area contributed by atoms with Crippen LogP contribution in [0.4, 0.5) is 0 Å². The Morgan fingerprint density at radius 2 is 1.41 bits per heavy atom. The SMILES string of the molecule is O=S(=O)(O)C(c1ccccc1)(c1cc(Cl)c(Cl)c(Cl)c1O)c1c(O)cccc1Cl. The fourth-order valence-electron chi connectivity index (χ4n) is 3.24. The van der Waals surface area contributed by atoms with E-state index in [1.807, 2.05) is 0 Å². The van der Waals surface area contributed by atoms with Crippen LogP contribution in [-0.2, 0) is 14.9 Å². The quantitative estimate of drug-likeness (QED) is 0.239. The molecule has 0 saturated carbocycles. The Balaban J connectivity index is 2.67. The Kier molecular flexibility index (Phi) is 5.98. The normalized spacial score (nSPS) is 13.8. The summed E-state index contributed by atoms with van der Waals surface area (Å²) in [4.78, 5) is 0. The van der Waals surface area contributed by atoms with Gasteiger partial charge in [-0.1, -0.05) is 82.8 Å². The molecule has 10 heteroatoms. The first-order chi connectivity index (χ1) is 13.5. The summed E-state index contributed by atoms with van der Waals surface area (Å²) in [6.45, 7) is 0. The Morgan fingerprint density at radius 3 is 1.97 bits per heavy atom. The summed E-state index contributed by atoms with van der Waals surface area (Å²) in [5.74, 6) is -1.29. The van der Waals surface area contributed by atoms with Crippen molar-refractivity contribution >= 4 is 56.5 Å². The summed E-state index contributed by atoms with van der Waals surface area (Å²) in [6.07, 6.45) is 0. The maximum atomic E-state index is 13.0. The lowest BCUT2D eigenvalue weighted by atomic mass is 9.83. The Bertz CT molecular complexity index is 1180. The maximum Gasteiger partial charge on any atom is 0.283 e. The summed E-state index contributed by atoms with van der Waals surface area (Å²) < 4.78 is 33.9. The zero-order chi connectivity index (χ0) is 21.6. The van der Waals surface area contributed by atoms with E-state index in [4.69, 9.17) is 46.4 Å². The second-order valence-corrected chi connectivity index (χ2v) is 9.17. The van der Waals surface area contributed by atoms with Crippen LogP contribution in [0.15, 0.2) is 54.6 Å². The van der Waals surface area contributed by atoms with Gasteiger partial charge in [-0.15, -0.1) is 0 Å². The lowest BCUT2D eigenvalue weighted by molar-refractivity contribution is 0.428. The largest absolute Gasteiger partial charge is 0.508 e. The third kappa shape index (κ3) is 3.44. The van der Waals surface area contributed by atoms with Crippen LogP contribution in [0.5, 0.6) is 11.5 Å². The Morgan fingerprint density at radius 1 is 0.793 bits per heavy atom. The van der Waals surface area contributed by atoms with E-state index < -0.39 is 37.0 Å². The van der Waals surface area contributed by atoms with Gasteiger partial charge >= 0.3 is 0 Å². The molecule has 5 nitrogen and oxygen atoms in total. The zero-order valence-electron chi connectivity index (χ0n) is 14.3. The second-order valence-electron chi connectivity index (χ2n) is 6.04. The molecule has 1 unspecified atom stereocenters. The molecule has 0 aliphatic heterocycles. The molecular formula is C19H12Cl4O5S. The lowest BCUT2D eigenvalue weighted by Gasteiger charge is -2.34. The first-order valence-electron chi connectivity index (χ1n) is 7.91. The van der Waals surface area contributed by atoms with Gasteiger partial charge in [-0.25, -0.2) is 0 Å². The lowest BCUT2D eigenvalue weighted by Crippen LogP contribution is -2.38. The van der Waals surface area contributed by atoms with Gasteiger partial charge in [-0.05, 0) is 23.8 Å². The smallest absolute Gasteiger partial charge is 0.283 e. The van der Waals surface area contributed by atoms with Gasteiger partial charge in [0.25, 0.3) is 10.1 Å². The molecule has 3 aromatic rings. The van der Waals surface area contributed by atoms with Crippen molar-refractivity contribution in [2.45, 2.75) is 4.75 Å². The molecule has 0 amide bonds. The predicted molar refractivity (Wildman–Crippen MR) is 114 cm³/mol. The van der Waals surface area contributed by atoms with E-state index in [0.717, 1.165) is 6.07 Å². The molecule has 3 aromatic carbocycles. The van der Waals surface area contributed by atoms with E-state index in [1.165, 1.54) is 42.5 Å². The number of benzene rings is 3. The minimum Gasteiger partial charge on any atom is -0.508 e. The highest BCUT2D eigenvalue weighted by atomic mass is 35.5. The molecular weight excluding hydrogens is 482 g/mol. The van der Waals surface area contributed by atoms with Crippen LogP contribution in [0, 0.1) is 0 Å². The third-order valence-electron chi connectivity index (χ3n) is 4.43. The van der Waals surface area contributed by atoms with Gasteiger partial charge in [0.1, 0.15) is 16.5 Å². The molecule has 3 N–H and O–H groups in total. The van der Waals surface area contributed by atoms with Crippen LogP contribution in [0.3, 0.4) is 0 Å². The fourth-order valence-corrected chi connectivity index (χ4v) is 5.55. The maximum absolute atomic E-state index is 13.0. The van der Waals surface area contributed by atoms with Crippen LogP contribution in [-0.4, -0.2) is 23.2 Å². The van der Waals surface area contributed by atoms with E-state index in [-0.39, 0.29) is 26.2 Å². The number of halogens is 4. The van der Waals surface area contributed by atoms with E-state index in [1.54, 1.807) is 6.07 Å². The number of hydrogen-bond donors (Lipinski definition) is 3. The standard InChI is InChI=1S/C19H12Cl4O5S/c20-12-7-4-8-14(24)15(12)19(29(26,27)28,10-5-2-1-3-6-10)11-9-13(21)16(22)17(23)18(11)25/h1-9,24-25H,(H,26,27,28). The molecule has 0 bridgehead atoms. The third-order valence-corrected chi connectivity index (χ3v) is 7.43. The molecule has 3 rings (SSSR count). The van der Waals surface area contributed by atoms with Crippen LogP contribution < -0.4 is 0 Å². The van der Waals surface area contributed by atoms with Crippen molar-refractivity contribution in [3.63, 3.8) is 0 Å². The molecule has 29 heavy (non-hydrogen) atoms. The number of aromatic hydroxyl groups is 2. The fraction of sp³-hybridized carbons (Fsp3) is 0.0526. The van der Waals surface area contributed by atoms with E-state index in [0.29, 0.717) is 0 Å². The molecule has 1 atom stereocenters. The molecule has 152 valence electrons. The van der Waals surface area contributed by atoms with Crippen molar-refractivity contribution < 1.29 is 23.2 Å². The summed E-state index contributed by atoms with van der Waals surface area (Å²) in [6, 6.07) is 12.4. The van der Waals surface area contributed by atoms with Gasteiger partial charge in [0.15, 0.2) is 4.75 Å². The molecule has 0 fully saturated rings. The Hall–Kier alpha value is -1.67. The van der Waals surface area contributed by atoms with Gasteiger partial charge in [0, 0.05) is 16.1 Å². The highest BCUT2D eigenvalue weighted by molar-refractivity contribution is 7.87. The molecule has 0 saturated heterocycles. The summed E-state index contributed by atoms with van der Waals surface area (Å²) in [7, 11) is -5.16. The van der Waals surface area contributed by atoms with Crippen LogP contribution in [0.1, 0.15) is 16.7 Å². The molecule has 0 aliphatic carbocycles. The van der Waals surface area contributed by atoms with Gasteiger partial charge in [0.05, 0.1) is 10.0 Å². The van der Waals surface area contributed by atoms with Crippen LogP contribution >= 0.6 is 46.4 Å². The van der Waals surface area contributed by atoms with Crippen LogP contribution in [0.25, 0.3) is 0 Å². The number of hydrogen-bond acceptors (Lipinski definition) is 4.